The maximum atomic E-state index is 11.8. The molecule has 2 aromatic heterocycles. The summed E-state index contributed by atoms with van der Waals surface area (Å²) < 4.78 is 18.7. The van der Waals surface area contributed by atoms with Gasteiger partial charge in [0.2, 0.25) is 11.7 Å². The van der Waals surface area contributed by atoms with Crippen LogP contribution in [0.4, 0.5) is 5.95 Å². The summed E-state index contributed by atoms with van der Waals surface area (Å²) >= 11 is 0. The molecule has 1 saturated heterocycles. The summed E-state index contributed by atoms with van der Waals surface area (Å²) in [6.07, 6.45) is 0. The van der Waals surface area contributed by atoms with E-state index < -0.39 is 17.6 Å². The second-order valence-electron chi connectivity index (χ2n) is 4.17. The molecular weight excluding hydrogens is 266 g/mol. The van der Waals surface area contributed by atoms with Crippen molar-refractivity contribution in [3.8, 4) is 0 Å². The third kappa shape index (κ3) is 2.11. The molecule has 3 heterocycles. The first-order valence-electron chi connectivity index (χ1n) is 6.52. The van der Waals surface area contributed by atoms with E-state index in [4.69, 9.17) is 6.11 Å². The van der Waals surface area contributed by atoms with Crippen LogP contribution in [0, 0.1) is 0 Å². The van der Waals surface area contributed by atoms with E-state index in [0.717, 1.165) is 4.52 Å². The van der Waals surface area contributed by atoms with E-state index in [9.17, 15) is 9.59 Å². The molecule has 0 unspecified atom stereocenters. The van der Waals surface area contributed by atoms with Gasteiger partial charge in [0, 0.05) is 19.1 Å². The number of morpholine rings is 1. The van der Waals surface area contributed by atoms with E-state index in [1.165, 1.54) is 7.11 Å². The van der Waals surface area contributed by atoms with E-state index >= 15 is 0 Å². The van der Waals surface area contributed by atoms with Gasteiger partial charge in [0.15, 0.2) is 5.69 Å². The maximum absolute atomic E-state index is 11.8. The Morgan fingerprint density at radius 3 is 3.00 bits per heavy atom. The first-order valence-corrected chi connectivity index (χ1v) is 6.02. The highest BCUT2D eigenvalue weighted by Gasteiger charge is 2.20. The molecule has 106 valence electrons. The zero-order valence-electron chi connectivity index (χ0n) is 11.8. The standard InChI is InChI=1S/C11H13N5O4/c1-19-9(18)7-6-8(17)12-10-13-11(14-16(7)10)15-2-4-20-5-3-15/h6H,2-5H2,1H3,(H,12,13,14,17)/i6D. The molecule has 2 aromatic rings. The Bertz CT molecular complexity index is 749. The molecule has 0 saturated carbocycles. The molecule has 0 spiro atoms. The third-order valence-corrected chi connectivity index (χ3v) is 2.94. The molecule has 0 amide bonds. The van der Waals surface area contributed by atoms with Gasteiger partial charge in [0.25, 0.3) is 5.56 Å². The predicted octanol–water partition coefficient (Wildman–Crippen LogP) is -0.959. The smallest absolute Gasteiger partial charge is 0.357 e. The quantitative estimate of drug-likeness (QED) is 0.707. The van der Waals surface area contributed by atoms with Crippen molar-refractivity contribution in [2.24, 2.45) is 0 Å². The lowest BCUT2D eigenvalue weighted by atomic mass is 10.4. The number of ether oxygens (including phenoxy) is 2. The lowest BCUT2D eigenvalue weighted by Gasteiger charge is -2.25. The van der Waals surface area contributed by atoms with Gasteiger partial charge in [-0.1, -0.05) is 0 Å². The number of H-pyrrole nitrogens is 1. The highest BCUT2D eigenvalue weighted by atomic mass is 16.5. The fourth-order valence-corrected chi connectivity index (χ4v) is 1.96. The molecule has 1 aliphatic rings. The number of aromatic nitrogens is 4. The minimum atomic E-state index is -0.811. The third-order valence-electron chi connectivity index (χ3n) is 2.94. The van der Waals surface area contributed by atoms with Crippen LogP contribution < -0.4 is 10.5 Å². The van der Waals surface area contributed by atoms with Crippen molar-refractivity contribution in [3.05, 3.63) is 22.1 Å². The highest BCUT2D eigenvalue weighted by Crippen LogP contribution is 2.12. The number of fused-ring (bicyclic) bond motifs is 1. The van der Waals surface area contributed by atoms with Gasteiger partial charge in [-0.15, -0.1) is 5.10 Å². The Balaban J connectivity index is 2.16. The van der Waals surface area contributed by atoms with Crippen LogP contribution in [0.5, 0.6) is 0 Å². The Labute approximate surface area is 114 Å². The number of carbonyl (C=O) groups is 1. The number of rotatable bonds is 2. The fraction of sp³-hybridized carbons (Fsp3) is 0.455. The monoisotopic (exact) mass is 280 g/mol. The SMILES string of the molecule is [2H]c1c(C(=O)OC)n2nc(N3CCOCC3)nc2[nH]c1=O. The number of hydrogen-bond acceptors (Lipinski definition) is 7. The minimum absolute atomic E-state index is 0.0953. The van der Waals surface area contributed by atoms with Crippen LogP contribution in [0.2, 0.25) is 0 Å². The van der Waals surface area contributed by atoms with Gasteiger partial charge in [0.1, 0.15) is 0 Å². The van der Waals surface area contributed by atoms with Crippen molar-refractivity contribution < 1.29 is 15.6 Å². The number of nitrogens with one attached hydrogen (secondary N) is 1. The number of hydrogen-bond donors (Lipinski definition) is 1. The average molecular weight is 280 g/mol. The number of methoxy groups -OCH3 is 1. The second kappa shape index (κ2) is 4.93. The van der Waals surface area contributed by atoms with Crippen LogP contribution in [0.1, 0.15) is 11.9 Å². The second-order valence-corrected chi connectivity index (χ2v) is 4.17. The summed E-state index contributed by atoms with van der Waals surface area (Å²) in [5.41, 5.74) is -0.966. The molecule has 0 aliphatic carbocycles. The molecule has 1 fully saturated rings. The van der Waals surface area contributed by atoms with Crippen LogP contribution in [0.15, 0.2) is 10.8 Å². The molecule has 0 aromatic carbocycles. The van der Waals surface area contributed by atoms with E-state index in [-0.39, 0.29) is 11.5 Å². The lowest BCUT2D eigenvalue weighted by molar-refractivity contribution is 0.0590. The maximum Gasteiger partial charge on any atom is 0.357 e. The van der Waals surface area contributed by atoms with E-state index in [1.807, 2.05) is 4.90 Å². The number of aromatic amines is 1. The summed E-state index contributed by atoms with van der Waals surface area (Å²) in [5, 5.41) is 4.19. The average Bonchev–Trinajstić information content (AvgIpc) is 2.92. The molecule has 0 radical (unpaired) electrons. The molecule has 1 aliphatic heterocycles. The van der Waals surface area contributed by atoms with E-state index in [2.05, 4.69) is 19.8 Å². The van der Waals surface area contributed by atoms with Crippen molar-refractivity contribution in [1.29, 1.82) is 0 Å². The van der Waals surface area contributed by atoms with Gasteiger partial charge in [-0.05, 0) is 0 Å². The summed E-state index contributed by atoms with van der Waals surface area (Å²) in [4.78, 5) is 31.9. The minimum Gasteiger partial charge on any atom is -0.464 e. The number of anilines is 1. The van der Waals surface area contributed by atoms with Gasteiger partial charge in [-0.25, -0.2) is 4.79 Å². The molecule has 0 bridgehead atoms. The lowest BCUT2D eigenvalue weighted by Crippen LogP contribution is -2.36. The summed E-state index contributed by atoms with van der Waals surface area (Å²) in [6, 6.07) is -0.507. The first-order chi connectivity index (χ1) is 10.1. The predicted molar refractivity (Wildman–Crippen MR) is 68.0 cm³/mol. The van der Waals surface area contributed by atoms with Gasteiger partial charge in [-0.2, -0.15) is 9.50 Å². The number of carbonyl (C=O) groups excluding carboxylic acids is 1. The van der Waals surface area contributed by atoms with Crippen LogP contribution >= 0.6 is 0 Å². The van der Waals surface area contributed by atoms with Crippen molar-refractivity contribution in [1.82, 2.24) is 19.6 Å². The molecule has 9 nitrogen and oxygen atoms in total. The topological polar surface area (TPSA) is 102 Å². The summed E-state index contributed by atoms with van der Waals surface area (Å²) in [6.45, 7) is 2.34. The van der Waals surface area contributed by atoms with Crippen LogP contribution in [0.3, 0.4) is 0 Å². The van der Waals surface area contributed by atoms with Gasteiger partial charge >= 0.3 is 5.97 Å². The van der Waals surface area contributed by atoms with Crippen LogP contribution in [0.25, 0.3) is 5.78 Å². The molecular formula is C11H13N5O4. The normalized spacial score (nSPS) is 16.2. The van der Waals surface area contributed by atoms with Gasteiger partial charge in [0.05, 0.1) is 21.7 Å². The van der Waals surface area contributed by atoms with Crippen molar-refractivity contribution in [2.75, 3.05) is 38.3 Å². The van der Waals surface area contributed by atoms with Gasteiger partial charge < -0.3 is 14.4 Å². The van der Waals surface area contributed by atoms with Gasteiger partial charge in [-0.3, -0.25) is 9.78 Å². The molecule has 9 heteroatoms. The molecule has 20 heavy (non-hydrogen) atoms. The zero-order valence-corrected chi connectivity index (χ0v) is 10.8. The fourth-order valence-electron chi connectivity index (χ4n) is 1.96. The summed E-state index contributed by atoms with van der Waals surface area (Å²) in [7, 11) is 1.18. The first kappa shape index (κ1) is 11.4. The number of esters is 1. The van der Waals surface area contributed by atoms with E-state index in [0.29, 0.717) is 32.3 Å². The van der Waals surface area contributed by atoms with Crippen LogP contribution in [-0.2, 0) is 9.47 Å². The Kier molecular flexibility index (Phi) is 2.81. The number of nitrogens with zero attached hydrogens (tertiary/aromatic N) is 4. The van der Waals surface area contributed by atoms with Crippen molar-refractivity contribution in [3.63, 3.8) is 0 Å². The van der Waals surface area contributed by atoms with Crippen LogP contribution in [-0.4, -0.2) is 59.0 Å². The molecule has 1 N–H and O–H groups in total. The van der Waals surface area contributed by atoms with Crippen molar-refractivity contribution >= 4 is 17.7 Å². The molecule has 0 atom stereocenters. The van der Waals surface area contributed by atoms with E-state index in [1.54, 1.807) is 0 Å². The Morgan fingerprint density at radius 2 is 2.30 bits per heavy atom. The largest absolute Gasteiger partial charge is 0.464 e. The summed E-state index contributed by atoms with van der Waals surface area (Å²) in [5.74, 6) is -0.350. The Morgan fingerprint density at radius 1 is 1.55 bits per heavy atom. The molecule has 3 rings (SSSR count). The van der Waals surface area contributed by atoms with Crippen molar-refractivity contribution in [2.45, 2.75) is 0 Å². The zero-order chi connectivity index (χ0) is 15.0. The highest BCUT2D eigenvalue weighted by molar-refractivity contribution is 5.87. The Hall–Kier alpha value is -2.42.